The zero-order valence-corrected chi connectivity index (χ0v) is 13.4. The van der Waals surface area contributed by atoms with Crippen molar-refractivity contribution in [2.24, 2.45) is 0 Å². The Morgan fingerprint density at radius 1 is 1.35 bits per heavy atom. The molecular weight excluding hydrogens is 351 g/mol. The summed E-state index contributed by atoms with van der Waals surface area (Å²) in [6, 6.07) is 5.55. The maximum absolute atomic E-state index is 12.6. The van der Waals surface area contributed by atoms with E-state index in [2.05, 4.69) is 16.3 Å². The minimum absolute atomic E-state index is 0.00253. The molecule has 0 aliphatic rings. The van der Waals surface area contributed by atoms with Crippen LogP contribution in [0.1, 0.15) is 11.4 Å². The van der Waals surface area contributed by atoms with Crippen LogP contribution in [0.15, 0.2) is 48.0 Å². The second-order valence-corrected chi connectivity index (χ2v) is 5.34. The van der Waals surface area contributed by atoms with E-state index in [4.69, 9.17) is 0 Å². The maximum Gasteiger partial charge on any atom is 0.491 e. The third-order valence-corrected chi connectivity index (χ3v) is 3.62. The van der Waals surface area contributed by atoms with Gasteiger partial charge in [-0.2, -0.15) is 13.2 Å². The van der Waals surface area contributed by atoms with Crippen LogP contribution in [0.25, 0.3) is 17.4 Å². The van der Waals surface area contributed by atoms with E-state index in [9.17, 15) is 22.8 Å². The lowest BCUT2D eigenvalue weighted by Gasteiger charge is -2.12. The molecule has 0 saturated heterocycles. The summed E-state index contributed by atoms with van der Waals surface area (Å²) in [5, 5.41) is 0. The standard InChI is InChI=1S/C17H12F3N3O3/c1-3-12-10(2)21-15-13(26-16(25)17(18,19)20)8-11(9-23(12)15)22-7-5-4-6-14(22)24/h3-9H,1H2,2H3. The molecule has 6 nitrogen and oxygen atoms in total. The number of alkyl halides is 3. The van der Waals surface area contributed by atoms with E-state index in [1.165, 1.54) is 39.6 Å². The van der Waals surface area contributed by atoms with Gasteiger partial charge >= 0.3 is 12.1 Å². The van der Waals surface area contributed by atoms with Gasteiger partial charge in [0, 0.05) is 24.5 Å². The van der Waals surface area contributed by atoms with Crippen LogP contribution in [0, 0.1) is 6.92 Å². The quantitative estimate of drug-likeness (QED) is 0.671. The van der Waals surface area contributed by atoms with Crippen LogP contribution in [-0.4, -0.2) is 26.1 Å². The van der Waals surface area contributed by atoms with Gasteiger partial charge in [-0.15, -0.1) is 0 Å². The zero-order valence-electron chi connectivity index (χ0n) is 13.4. The lowest BCUT2D eigenvalue weighted by atomic mass is 10.3. The molecule has 0 aliphatic carbocycles. The number of hydrogen-bond acceptors (Lipinski definition) is 4. The summed E-state index contributed by atoms with van der Waals surface area (Å²) in [5.74, 6) is -2.80. The van der Waals surface area contributed by atoms with Crippen LogP contribution >= 0.6 is 0 Å². The summed E-state index contributed by atoms with van der Waals surface area (Å²) < 4.78 is 44.9. The highest BCUT2D eigenvalue weighted by atomic mass is 19.4. The molecule has 3 heterocycles. The van der Waals surface area contributed by atoms with Crippen molar-refractivity contribution in [3.63, 3.8) is 0 Å². The third-order valence-electron chi connectivity index (χ3n) is 3.62. The van der Waals surface area contributed by atoms with Gasteiger partial charge in [0.25, 0.3) is 5.56 Å². The molecule has 0 bridgehead atoms. The molecule has 0 amide bonds. The Balaban J connectivity index is 2.28. The monoisotopic (exact) mass is 363 g/mol. The summed E-state index contributed by atoms with van der Waals surface area (Å²) in [6.07, 6.45) is -0.767. The molecule has 0 spiro atoms. The topological polar surface area (TPSA) is 65.6 Å². The Morgan fingerprint density at radius 3 is 2.69 bits per heavy atom. The number of aromatic nitrogens is 3. The Kier molecular flexibility index (Phi) is 4.15. The number of carbonyl (C=O) groups is 1. The molecule has 26 heavy (non-hydrogen) atoms. The smallest absolute Gasteiger partial charge is 0.416 e. The molecule has 9 heteroatoms. The SMILES string of the molecule is C=Cc1c(C)nc2c(OC(=O)C(F)(F)F)cc(-n3ccccc3=O)cn12. The summed E-state index contributed by atoms with van der Waals surface area (Å²) in [6.45, 7) is 5.28. The summed E-state index contributed by atoms with van der Waals surface area (Å²) in [5.41, 5.74) is 0.769. The molecule has 0 aliphatic heterocycles. The fourth-order valence-electron chi connectivity index (χ4n) is 2.48. The largest absolute Gasteiger partial charge is 0.491 e. The van der Waals surface area contributed by atoms with Gasteiger partial charge in [0.2, 0.25) is 0 Å². The van der Waals surface area contributed by atoms with Crippen molar-refractivity contribution in [2.75, 3.05) is 0 Å². The molecule has 134 valence electrons. The Bertz CT molecular complexity index is 1080. The zero-order chi connectivity index (χ0) is 19.1. The van der Waals surface area contributed by atoms with Crippen LogP contribution in [-0.2, 0) is 4.79 Å². The van der Waals surface area contributed by atoms with Crippen molar-refractivity contribution >= 4 is 17.7 Å². The van der Waals surface area contributed by atoms with E-state index in [0.29, 0.717) is 11.4 Å². The molecule has 0 fully saturated rings. The second-order valence-electron chi connectivity index (χ2n) is 5.34. The normalized spacial score (nSPS) is 11.5. The molecule has 0 atom stereocenters. The van der Waals surface area contributed by atoms with Gasteiger partial charge in [0.05, 0.1) is 17.1 Å². The molecule has 0 aromatic carbocycles. The van der Waals surface area contributed by atoms with Crippen molar-refractivity contribution in [1.29, 1.82) is 0 Å². The fourth-order valence-corrected chi connectivity index (χ4v) is 2.48. The molecule has 0 N–H and O–H groups in total. The highest BCUT2D eigenvalue weighted by Gasteiger charge is 2.42. The number of hydrogen-bond donors (Lipinski definition) is 0. The van der Waals surface area contributed by atoms with E-state index in [0.717, 1.165) is 6.07 Å². The van der Waals surface area contributed by atoms with E-state index >= 15 is 0 Å². The Labute approximate surface area is 144 Å². The number of ether oxygens (including phenoxy) is 1. The third kappa shape index (κ3) is 2.99. The molecular formula is C17H12F3N3O3. The van der Waals surface area contributed by atoms with Crippen LogP contribution in [0.5, 0.6) is 5.75 Å². The number of pyridine rings is 2. The van der Waals surface area contributed by atoms with Crippen LogP contribution in [0.4, 0.5) is 13.2 Å². The van der Waals surface area contributed by atoms with Crippen LogP contribution < -0.4 is 10.3 Å². The molecule has 0 unspecified atom stereocenters. The first-order valence-electron chi connectivity index (χ1n) is 7.34. The molecule has 3 aromatic heterocycles. The summed E-state index contributed by atoms with van der Waals surface area (Å²) in [4.78, 5) is 27.5. The van der Waals surface area contributed by atoms with E-state index < -0.39 is 23.5 Å². The molecule has 3 rings (SSSR count). The van der Waals surface area contributed by atoms with Crippen LogP contribution in [0.3, 0.4) is 0 Å². The van der Waals surface area contributed by atoms with E-state index in [1.807, 2.05) is 0 Å². The molecule has 0 saturated carbocycles. The predicted molar refractivity (Wildman–Crippen MR) is 87.3 cm³/mol. The Morgan fingerprint density at radius 2 is 2.08 bits per heavy atom. The van der Waals surface area contributed by atoms with E-state index in [-0.39, 0.29) is 11.3 Å². The number of imidazole rings is 1. The Hall–Kier alpha value is -3.36. The van der Waals surface area contributed by atoms with Crippen molar-refractivity contribution in [2.45, 2.75) is 13.1 Å². The first-order chi connectivity index (χ1) is 12.2. The number of carbonyl (C=O) groups excluding carboxylic acids is 1. The second kappa shape index (κ2) is 6.17. The first-order valence-corrected chi connectivity index (χ1v) is 7.34. The highest BCUT2D eigenvalue weighted by molar-refractivity contribution is 5.80. The fraction of sp³-hybridized carbons (Fsp3) is 0.118. The number of halogens is 3. The van der Waals surface area contributed by atoms with Crippen molar-refractivity contribution < 1.29 is 22.7 Å². The summed E-state index contributed by atoms with van der Waals surface area (Å²) in [7, 11) is 0. The van der Waals surface area contributed by atoms with Crippen LogP contribution in [0.2, 0.25) is 0 Å². The predicted octanol–water partition coefficient (Wildman–Crippen LogP) is 2.90. The van der Waals surface area contributed by atoms with Gasteiger partial charge in [0.1, 0.15) is 0 Å². The number of rotatable bonds is 3. The lowest BCUT2D eigenvalue weighted by Crippen LogP contribution is -2.28. The maximum atomic E-state index is 12.6. The van der Waals surface area contributed by atoms with Crippen molar-refractivity contribution in [3.05, 3.63) is 65.0 Å². The van der Waals surface area contributed by atoms with E-state index in [1.54, 1.807) is 13.0 Å². The van der Waals surface area contributed by atoms with Crippen molar-refractivity contribution in [1.82, 2.24) is 14.0 Å². The number of esters is 1. The van der Waals surface area contributed by atoms with Gasteiger partial charge in [-0.25, -0.2) is 9.78 Å². The minimum atomic E-state index is -5.17. The van der Waals surface area contributed by atoms with Gasteiger partial charge < -0.3 is 4.74 Å². The van der Waals surface area contributed by atoms with Gasteiger partial charge in [-0.05, 0) is 19.1 Å². The number of fused-ring (bicyclic) bond motifs is 1. The minimum Gasteiger partial charge on any atom is -0.416 e. The van der Waals surface area contributed by atoms with Gasteiger partial charge in [-0.1, -0.05) is 12.6 Å². The number of aryl methyl sites for hydroxylation is 1. The average molecular weight is 363 g/mol. The first kappa shape index (κ1) is 17.5. The highest BCUT2D eigenvalue weighted by Crippen LogP contribution is 2.28. The molecule has 3 aromatic rings. The number of nitrogens with zero attached hydrogens (tertiary/aromatic N) is 3. The summed E-state index contributed by atoms with van der Waals surface area (Å²) >= 11 is 0. The molecule has 0 radical (unpaired) electrons. The van der Waals surface area contributed by atoms with Gasteiger partial charge in [0.15, 0.2) is 11.4 Å². The lowest BCUT2D eigenvalue weighted by molar-refractivity contribution is -0.189. The van der Waals surface area contributed by atoms with Crippen molar-refractivity contribution in [3.8, 4) is 11.4 Å². The van der Waals surface area contributed by atoms with Gasteiger partial charge in [-0.3, -0.25) is 13.8 Å². The average Bonchev–Trinajstić information content (AvgIpc) is 2.89.